The van der Waals surface area contributed by atoms with Gasteiger partial charge in [-0.05, 0) is 60.8 Å². The first-order chi connectivity index (χ1) is 10.3. The lowest BCUT2D eigenvalue weighted by Crippen LogP contribution is -2.30. The summed E-state index contributed by atoms with van der Waals surface area (Å²) in [5.41, 5.74) is 4.11. The molecular weight excluding hydrogens is 258 g/mol. The Balaban J connectivity index is 1.60. The highest BCUT2D eigenvalue weighted by Gasteiger charge is 2.38. The van der Waals surface area contributed by atoms with Crippen LogP contribution in [0.5, 0.6) is 5.75 Å². The van der Waals surface area contributed by atoms with Gasteiger partial charge in [0, 0.05) is 17.8 Å². The third-order valence-electron chi connectivity index (χ3n) is 5.19. The van der Waals surface area contributed by atoms with Gasteiger partial charge >= 0.3 is 0 Å². The zero-order valence-corrected chi connectivity index (χ0v) is 12.1. The first kappa shape index (κ1) is 12.8. The molecule has 0 spiro atoms. The summed E-state index contributed by atoms with van der Waals surface area (Å²) in [7, 11) is 0. The molecule has 2 N–H and O–H groups in total. The SMILES string of the molecule is Oc1cccc(NC2C3CCC2Cc2ccccc2C3)c1. The van der Waals surface area contributed by atoms with Gasteiger partial charge in [0.1, 0.15) is 5.75 Å². The molecule has 2 aliphatic rings. The Kier molecular flexibility index (Phi) is 3.10. The topological polar surface area (TPSA) is 32.3 Å². The summed E-state index contributed by atoms with van der Waals surface area (Å²) >= 11 is 0. The van der Waals surface area contributed by atoms with Crippen LogP contribution in [0.3, 0.4) is 0 Å². The fourth-order valence-electron chi connectivity index (χ4n) is 4.17. The van der Waals surface area contributed by atoms with E-state index in [1.807, 2.05) is 12.1 Å². The van der Waals surface area contributed by atoms with Gasteiger partial charge in [-0.15, -0.1) is 0 Å². The Morgan fingerprint density at radius 1 is 0.857 bits per heavy atom. The number of benzene rings is 2. The van der Waals surface area contributed by atoms with Gasteiger partial charge in [0.15, 0.2) is 0 Å². The molecule has 0 aliphatic heterocycles. The Bertz CT molecular complexity index is 619. The average Bonchev–Trinajstić information content (AvgIpc) is 2.75. The molecule has 2 aliphatic carbocycles. The van der Waals surface area contributed by atoms with Crippen molar-refractivity contribution in [2.24, 2.45) is 11.8 Å². The fraction of sp³-hybridized carbons (Fsp3) is 0.368. The van der Waals surface area contributed by atoms with E-state index in [1.54, 1.807) is 6.07 Å². The van der Waals surface area contributed by atoms with Crippen LogP contribution in [-0.4, -0.2) is 11.1 Å². The molecule has 2 aromatic rings. The molecule has 108 valence electrons. The average molecular weight is 279 g/mol. The number of hydrogen-bond acceptors (Lipinski definition) is 2. The Morgan fingerprint density at radius 2 is 1.52 bits per heavy atom. The molecule has 2 nitrogen and oxygen atoms in total. The molecule has 21 heavy (non-hydrogen) atoms. The lowest BCUT2D eigenvalue weighted by molar-refractivity contribution is 0.448. The highest BCUT2D eigenvalue weighted by atomic mass is 16.3. The summed E-state index contributed by atoms with van der Waals surface area (Å²) in [6.45, 7) is 0. The molecular formula is C19H21NO. The maximum atomic E-state index is 9.65. The van der Waals surface area contributed by atoms with Gasteiger partial charge in [0.2, 0.25) is 0 Å². The first-order valence-electron chi connectivity index (χ1n) is 7.92. The van der Waals surface area contributed by atoms with E-state index in [4.69, 9.17) is 0 Å². The molecule has 2 aromatic carbocycles. The second-order valence-electron chi connectivity index (χ2n) is 6.49. The van der Waals surface area contributed by atoms with E-state index < -0.39 is 0 Å². The Hall–Kier alpha value is -1.96. The van der Waals surface area contributed by atoms with Gasteiger partial charge in [-0.3, -0.25) is 0 Å². The van der Waals surface area contributed by atoms with Crippen LogP contribution in [0.1, 0.15) is 24.0 Å². The van der Waals surface area contributed by atoms with Crippen LogP contribution in [0.2, 0.25) is 0 Å². The number of hydrogen-bond donors (Lipinski definition) is 2. The van der Waals surface area contributed by atoms with Crippen LogP contribution in [0, 0.1) is 11.8 Å². The summed E-state index contributed by atoms with van der Waals surface area (Å²) in [4.78, 5) is 0. The maximum absolute atomic E-state index is 9.65. The first-order valence-corrected chi connectivity index (χ1v) is 7.92. The minimum absolute atomic E-state index is 0.337. The summed E-state index contributed by atoms with van der Waals surface area (Å²) in [5, 5.41) is 13.3. The normalized spacial score (nSPS) is 27.0. The molecule has 1 fully saturated rings. The number of phenolic OH excluding ortho intramolecular Hbond substituents is 1. The van der Waals surface area contributed by atoms with E-state index in [1.165, 1.54) is 36.8 Å². The molecule has 2 unspecified atom stereocenters. The van der Waals surface area contributed by atoms with E-state index in [-0.39, 0.29) is 0 Å². The molecule has 0 amide bonds. The maximum Gasteiger partial charge on any atom is 0.117 e. The van der Waals surface area contributed by atoms with Crippen molar-refractivity contribution in [3.8, 4) is 5.75 Å². The Labute approximate surface area is 125 Å². The second-order valence-corrected chi connectivity index (χ2v) is 6.49. The highest BCUT2D eigenvalue weighted by molar-refractivity contribution is 5.49. The summed E-state index contributed by atoms with van der Waals surface area (Å²) in [6.07, 6.45) is 5.00. The van der Waals surface area contributed by atoms with E-state index in [2.05, 4.69) is 35.6 Å². The van der Waals surface area contributed by atoms with Crippen molar-refractivity contribution in [3.05, 3.63) is 59.7 Å². The highest BCUT2D eigenvalue weighted by Crippen LogP contribution is 2.41. The van der Waals surface area contributed by atoms with Crippen LogP contribution in [0.4, 0.5) is 5.69 Å². The fourth-order valence-corrected chi connectivity index (χ4v) is 4.17. The summed E-state index contributed by atoms with van der Waals surface area (Å²) < 4.78 is 0. The minimum Gasteiger partial charge on any atom is -0.508 e. The number of fused-ring (bicyclic) bond motifs is 3. The lowest BCUT2D eigenvalue weighted by Gasteiger charge is -2.25. The van der Waals surface area contributed by atoms with Gasteiger partial charge in [-0.1, -0.05) is 30.3 Å². The quantitative estimate of drug-likeness (QED) is 0.871. The largest absolute Gasteiger partial charge is 0.508 e. The van der Waals surface area contributed by atoms with Crippen LogP contribution >= 0.6 is 0 Å². The predicted octanol–water partition coefficient (Wildman–Crippen LogP) is 4.00. The predicted molar refractivity (Wildman–Crippen MR) is 85.6 cm³/mol. The van der Waals surface area contributed by atoms with Crippen molar-refractivity contribution in [2.75, 3.05) is 5.32 Å². The smallest absolute Gasteiger partial charge is 0.117 e. The number of rotatable bonds is 2. The molecule has 0 radical (unpaired) electrons. The summed E-state index contributed by atoms with van der Waals surface area (Å²) in [6, 6.07) is 17.0. The number of nitrogens with one attached hydrogen (secondary N) is 1. The van der Waals surface area contributed by atoms with Crippen LogP contribution in [-0.2, 0) is 12.8 Å². The van der Waals surface area contributed by atoms with Crippen LogP contribution in [0.25, 0.3) is 0 Å². The number of anilines is 1. The van der Waals surface area contributed by atoms with E-state index >= 15 is 0 Å². The van der Waals surface area contributed by atoms with Gasteiger partial charge in [0.25, 0.3) is 0 Å². The zero-order valence-electron chi connectivity index (χ0n) is 12.1. The van der Waals surface area contributed by atoms with Gasteiger partial charge in [-0.2, -0.15) is 0 Å². The number of aromatic hydroxyl groups is 1. The Morgan fingerprint density at radius 3 is 2.14 bits per heavy atom. The minimum atomic E-state index is 0.337. The molecule has 0 saturated heterocycles. The molecule has 2 heteroatoms. The standard InChI is InChI=1S/C19H21NO/c21-18-7-3-6-17(12-18)20-19-15-8-9-16(19)11-14-5-2-1-4-13(14)10-15/h1-7,12,15-16,19-21H,8-11H2. The van der Waals surface area contributed by atoms with Crippen LogP contribution in [0.15, 0.2) is 48.5 Å². The van der Waals surface area contributed by atoms with Gasteiger partial charge in [0.05, 0.1) is 0 Å². The summed E-state index contributed by atoms with van der Waals surface area (Å²) in [5.74, 6) is 1.76. The van der Waals surface area contributed by atoms with Crippen molar-refractivity contribution >= 4 is 5.69 Å². The van der Waals surface area contributed by atoms with Crippen molar-refractivity contribution in [1.29, 1.82) is 0 Å². The monoisotopic (exact) mass is 279 g/mol. The molecule has 1 saturated carbocycles. The van der Waals surface area contributed by atoms with Crippen molar-refractivity contribution in [2.45, 2.75) is 31.7 Å². The van der Waals surface area contributed by atoms with E-state index in [0.717, 1.165) is 5.69 Å². The van der Waals surface area contributed by atoms with Crippen LogP contribution < -0.4 is 5.32 Å². The molecule has 0 aromatic heterocycles. The van der Waals surface area contributed by atoms with Crippen molar-refractivity contribution in [1.82, 2.24) is 0 Å². The van der Waals surface area contributed by atoms with Crippen molar-refractivity contribution < 1.29 is 5.11 Å². The number of phenols is 1. The molecule has 4 rings (SSSR count). The zero-order chi connectivity index (χ0) is 14.2. The van der Waals surface area contributed by atoms with Gasteiger partial charge in [-0.25, -0.2) is 0 Å². The van der Waals surface area contributed by atoms with E-state index in [9.17, 15) is 5.11 Å². The van der Waals surface area contributed by atoms with Gasteiger partial charge < -0.3 is 10.4 Å². The second kappa shape index (κ2) is 5.10. The third kappa shape index (κ3) is 2.39. The van der Waals surface area contributed by atoms with Crippen molar-refractivity contribution in [3.63, 3.8) is 0 Å². The molecule has 2 atom stereocenters. The lowest BCUT2D eigenvalue weighted by atomic mass is 9.94. The molecule has 0 heterocycles. The van der Waals surface area contributed by atoms with E-state index in [0.29, 0.717) is 23.6 Å². The molecule has 2 bridgehead atoms. The third-order valence-corrected chi connectivity index (χ3v) is 5.19.